The minimum Gasteiger partial charge on any atom is -0.468 e. The van der Waals surface area contributed by atoms with Crippen LogP contribution in [0.5, 0.6) is 5.75 Å². The summed E-state index contributed by atoms with van der Waals surface area (Å²) in [6, 6.07) is 5.01. The standard InChI is InChI=1S/C22H29N6O8P/c1-5-15-6-8-16(9-7-15)36-37(32,26-14(3)21(30)33-4)34-12-18-17(25-27-23)10-19(35-18)28-11-13(2)20(29)24-22(28)31/h6-9,11,14,17-19H,5,10,12H2,1-4H3,(H,26,32)(H,24,29,31)/t14?,17-,18+,19+,37?/m0/s1. The largest absolute Gasteiger partial charge is 0.468 e. The average molecular weight is 536 g/mol. The number of aromatic nitrogens is 2. The number of azide groups is 1. The van der Waals surface area contributed by atoms with Crippen molar-refractivity contribution in [2.45, 2.75) is 58.0 Å². The molecule has 14 nitrogen and oxygen atoms in total. The fourth-order valence-electron chi connectivity index (χ4n) is 3.68. The van der Waals surface area contributed by atoms with Crippen LogP contribution in [0.4, 0.5) is 0 Å². The fraction of sp³-hybridized carbons (Fsp3) is 0.500. The van der Waals surface area contributed by atoms with E-state index < -0.39 is 49.4 Å². The second-order valence-corrected chi connectivity index (χ2v) is 10.1. The quantitative estimate of drug-likeness (QED) is 0.143. The van der Waals surface area contributed by atoms with Gasteiger partial charge >= 0.3 is 19.4 Å². The number of aromatic amines is 1. The van der Waals surface area contributed by atoms with E-state index in [0.29, 0.717) is 0 Å². The number of hydrogen-bond acceptors (Lipinski definition) is 9. The van der Waals surface area contributed by atoms with Crippen LogP contribution in [0.3, 0.4) is 0 Å². The predicted octanol–water partition coefficient (Wildman–Crippen LogP) is 2.73. The van der Waals surface area contributed by atoms with Gasteiger partial charge in [-0.2, -0.15) is 5.09 Å². The van der Waals surface area contributed by atoms with Crippen molar-refractivity contribution in [3.8, 4) is 5.75 Å². The van der Waals surface area contributed by atoms with E-state index in [1.807, 2.05) is 6.92 Å². The van der Waals surface area contributed by atoms with Crippen molar-refractivity contribution in [1.82, 2.24) is 14.6 Å². The van der Waals surface area contributed by atoms with Crippen LogP contribution in [0, 0.1) is 6.92 Å². The van der Waals surface area contributed by atoms with Gasteiger partial charge in [-0.05, 0) is 43.5 Å². The third-order valence-electron chi connectivity index (χ3n) is 5.73. The molecule has 5 atom stereocenters. The molecule has 0 amide bonds. The predicted molar refractivity (Wildman–Crippen MR) is 132 cm³/mol. The first-order valence-corrected chi connectivity index (χ1v) is 13.0. The van der Waals surface area contributed by atoms with Gasteiger partial charge in [0, 0.05) is 23.1 Å². The summed E-state index contributed by atoms with van der Waals surface area (Å²) in [5, 5.41) is 6.26. The first-order valence-electron chi connectivity index (χ1n) is 11.5. The lowest BCUT2D eigenvalue weighted by Gasteiger charge is -2.24. The molecular formula is C22H29N6O8P. The van der Waals surface area contributed by atoms with Crippen molar-refractivity contribution in [2.24, 2.45) is 5.11 Å². The molecule has 1 aliphatic heterocycles. The van der Waals surface area contributed by atoms with E-state index >= 15 is 0 Å². The summed E-state index contributed by atoms with van der Waals surface area (Å²) < 4.78 is 36.7. The van der Waals surface area contributed by atoms with E-state index in [1.165, 1.54) is 31.7 Å². The molecule has 0 spiro atoms. The number of benzene rings is 1. The van der Waals surface area contributed by atoms with Gasteiger partial charge < -0.3 is 14.0 Å². The van der Waals surface area contributed by atoms with Gasteiger partial charge in [-0.3, -0.25) is 23.7 Å². The number of esters is 1. The highest BCUT2D eigenvalue weighted by Crippen LogP contribution is 2.46. The van der Waals surface area contributed by atoms with Gasteiger partial charge in [0.1, 0.15) is 18.0 Å². The van der Waals surface area contributed by atoms with Crippen molar-refractivity contribution in [3.05, 3.63) is 72.9 Å². The number of methoxy groups -OCH3 is 1. The molecule has 0 aliphatic carbocycles. The van der Waals surface area contributed by atoms with Crippen molar-refractivity contribution in [1.29, 1.82) is 0 Å². The molecule has 2 unspecified atom stereocenters. The van der Waals surface area contributed by atoms with Crippen LogP contribution in [-0.2, 0) is 29.8 Å². The number of hydrogen-bond donors (Lipinski definition) is 2. The highest BCUT2D eigenvalue weighted by Gasteiger charge is 2.40. The molecule has 1 aromatic heterocycles. The van der Waals surface area contributed by atoms with Crippen LogP contribution < -0.4 is 20.9 Å². The number of aryl methyl sites for hydroxylation is 2. The van der Waals surface area contributed by atoms with Gasteiger partial charge in [-0.25, -0.2) is 9.36 Å². The van der Waals surface area contributed by atoms with Crippen LogP contribution in [-0.4, -0.2) is 47.4 Å². The monoisotopic (exact) mass is 536 g/mol. The van der Waals surface area contributed by atoms with Crippen LogP contribution >= 0.6 is 7.75 Å². The van der Waals surface area contributed by atoms with E-state index in [0.717, 1.165) is 12.0 Å². The molecule has 1 fully saturated rings. The zero-order valence-electron chi connectivity index (χ0n) is 20.8. The smallest absolute Gasteiger partial charge is 0.459 e. The zero-order chi connectivity index (χ0) is 27.2. The molecule has 1 aromatic carbocycles. The van der Waals surface area contributed by atoms with Crippen molar-refractivity contribution in [2.75, 3.05) is 13.7 Å². The summed E-state index contributed by atoms with van der Waals surface area (Å²) in [7, 11) is -2.99. The van der Waals surface area contributed by atoms with Gasteiger partial charge in [-0.15, -0.1) is 0 Å². The van der Waals surface area contributed by atoms with Crippen LogP contribution in [0.2, 0.25) is 0 Å². The normalized spacial score (nSPS) is 21.5. The molecular weight excluding hydrogens is 507 g/mol. The van der Waals surface area contributed by atoms with Gasteiger partial charge in [0.15, 0.2) is 0 Å². The first kappa shape index (κ1) is 28.2. The molecule has 1 saturated heterocycles. The SMILES string of the molecule is CCc1ccc(OP(=O)(NC(C)C(=O)OC)OC[C@H]2O[C@@H](n3cc(C)c(=O)[nH]c3=O)C[C@@H]2N=[N+]=[N-])cc1. The molecule has 2 aromatic rings. The third-order valence-corrected chi connectivity index (χ3v) is 7.38. The van der Waals surface area contributed by atoms with Crippen molar-refractivity contribution >= 4 is 13.7 Å². The minimum absolute atomic E-state index is 0.0963. The van der Waals surface area contributed by atoms with Gasteiger partial charge in [-0.1, -0.05) is 24.2 Å². The molecule has 1 aliphatic rings. The van der Waals surface area contributed by atoms with Gasteiger partial charge in [0.05, 0.1) is 25.9 Å². The second kappa shape index (κ2) is 12.2. The van der Waals surface area contributed by atoms with E-state index in [1.54, 1.807) is 24.3 Å². The Morgan fingerprint density at radius 3 is 2.70 bits per heavy atom. The Labute approximate surface area is 212 Å². The molecule has 2 heterocycles. The molecule has 200 valence electrons. The molecule has 0 saturated carbocycles. The summed E-state index contributed by atoms with van der Waals surface area (Å²) >= 11 is 0. The van der Waals surface area contributed by atoms with Crippen LogP contribution in [0.15, 0.2) is 45.2 Å². The maximum Gasteiger partial charge on any atom is 0.459 e. The summed E-state index contributed by atoms with van der Waals surface area (Å²) in [5.74, 6) is -0.456. The Bertz CT molecular complexity index is 1320. The zero-order valence-corrected chi connectivity index (χ0v) is 21.7. The first-order chi connectivity index (χ1) is 17.6. The molecule has 3 rings (SSSR count). The highest BCUT2D eigenvalue weighted by atomic mass is 31.2. The second-order valence-electron chi connectivity index (χ2n) is 8.37. The van der Waals surface area contributed by atoms with Gasteiger partial charge in [0.25, 0.3) is 5.56 Å². The lowest BCUT2D eigenvalue weighted by molar-refractivity contribution is -0.142. The summed E-state index contributed by atoms with van der Waals surface area (Å²) in [5.41, 5.74) is 9.12. The number of nitrogens with one attached hydrogen (secondary N) is 2. The lowest BCUT2D eigenvalue weighted by atomic mass is 10.1. The number of nitrogens with zero attached hydrogens (tertiary/aromatic N) is 4. The summed E-state index contributed by atoms with van der Waals surface area (Å²) in [4.78, 5) is 41.0. The Morgan fingerprint density at radius 1 is 1.38 bits per heavy atom. The van der Waals surface area contributed by atoms with Crippen molar-refractivity contribution < 1.29 is 27.9 Å². The summed E-state index contributed by atoms with van der Waals surface area (Å²) in [6.07, 6.45) is 0.436. The highest BCUT2D eigenvalue weighted by molar-refractivity contribution is 7.52. The van der Waals surface area contributed by atoms with Crippen LogP contribution in [0.25, 0.3) is 10.4 Å². The number of rotatable bonds is 11. The van der Waals surface area contributed by atoms with E-state index in [2.05, 4.69) is 24.8 Å². The Hall–Kier alpha value is -3.41. The number of carbonyl (C=O) groups excluding carboxylic acids is 1. The summed E-state index contributed by atoms with van der Waals surface area (Å²) in [6.45, 7) is 4.58. The fourth-order valence-corrected chi connectivity index (χ4v) is 5.18. The molecule has 15 heteroatoms. The molecule has 0 bridgehead atoms. The third kappa shape index (κ3) is 7.09. The van der Waals surface area contributed by atoms with E-state index in [4.69, 9.17) is 19.3 Å². The topological polar surface area (TPSA) is 187 Å². The Balaban J connectivity index is 1.82. The molecule has 0 radical (unpaired) electrons. The Morgan fingerprint density at radius 2 is 2.08 bits per heavy atom. The minimum atomic E-state index is -4.18. The maximum absolute atomic E-state index is 13.7. The number of carbonyl (C=O) groups is 1. The van der Waals surface area contributed by atoms with Crippen molar-refractivity contribution in [3.63, 3.8) is 0 Å². The van der Waals surface area contributed by atoms with Gasteiger partial charge in [0.2, 0.25) is 0 Å². The average Bonchev–Trinajstić information content (AvgIpc) is 3.27. The Kier molecular flexibility index (Phi) is 9.30. The maximum atomic E-state index is 13.7. The molecule has 2 N–H and O–H groups in total. The lowest BCUT2D eigenvalue weighted by Crippen LogP contribution is -2.36. The van der Waals surface area contributed by atoms with E-state index in [-0.39, 0.29) is 24.3 Å². The molecule has 37 heavy (non-hydrogen) atoms. The number of ether oxygens (including phenoxy) is 2. The van der Waals surface area contributed by atoms with Crippen LogP contribution in [0.1, 0.15) is 37.6 Å². The van der Waals surface area contributed by atoms with E-state index in [9.17, 15) is 18.9 Å². The number of H-pyrrole nitrogens is 1.